The van der Waals surface area contributed by atoms with Gasteiger partial charge in [-0.05, 0) is 28.9 Å². The Balaban J connectivity index is 1.47. The molecule has 2 heterocycles. The predicted octanol–water partition coefficient (Wildman–Crippen LogP) is 2.97. The number of carbonyl (C=O) groups is 1. The molecule has 1 amide bonds. The molecule has 1 aliphatic heterocycles. The molecule has 0 spiro atoms. The molecule has 2 aromatic rings. The van der Waals surface area contributed by atoms with Crippen LogP contribution in [0.2, 0.25) is 0 Å². The zero-order valence-electron chi connectivity index (χ0n) is 14.6. The van der Waals surface area contributed by atoms with Gasteiger partial charge in [-0.15, -0.1) is 0 Å². The summed E-state index contributed by atoms with van der Waals surface area (Å²) < 4.78 is 29.8. The molecule has 5 nitrogen and oxygen atoms in total. The largest absolute Gasteiger partial charge is 0.340 e. The number of halogens is 3. The summed E-state index contributed by atoms with van der Waals surface area (Å²) in [6, 6.07) is 4.23. The maximum Gasteiger partial charge on any atom is 0.224 e. The zero-order chi connectivity index (χ0) is 18.7. The Hall–Kier alpha value is -1.80. The van der Waals surface area contributed by atoms with Crippen molar-refractivity contribution in [3.8, 4) is 0 Å². The van der Waals surface area contributed by atoms with E-state index in [0.29, 0.717) is 51.3 Å². The third kappa shape index (κ3) is 4.48. The highest BCUT2D eigenvalue weighted by molar-refractivity contribution is 9.10. The number of aryl methyl sites for hydroxylation is 2. The number of hydrogen-bond donors (Lipinski definition) is 0. The van der Waals surface area contributed by atoms with Gasteiger partial charge in [0.05, 0.1) is 10.2 Å². The maximum atomic E-state index is 13.8. The summed E-state index contributed by atoms with van der Waals surface area (Å²) in [6.07, 6.45) is 2.26. The molecule has 0 aliphatic carbocycles. The van der Waals surface area contributed by atoms with Crippen LogP contribution in [0.25, 0.3) is 0 Å². The minimum atomic E-state index is -0.822. The van der Waals surface area contributed by atoms with Crippen LogP contribution in [0.15, 0.2) is 28.9 Å². The van der Waals surface area contributed by atoms with Gasteiger partial charge in [-0.2, -0.15) is 5.10 Å². The van der Waals surface area contributed by atoms with Gasteiger partial charge in [0.2, 0.25) is 5.91 Å². The summed E-state index contributed by atoms with van der Waals surface area (Å²) in [5.41, 5.74) is 1.25. The lowest BCUT2D eigenvalue weighted by molar-refractivity contribution is -0.133. The summed E-state index contributed by atoms with van der Waals surface area (Å²) >= 11 is 3.41. The molecule has 140 valence electrons. The van der Waals surface area contributed by atoms with Gasteiger partial charge < -0.3 is 4.90 Å². The number of aromatic nitrogens is 2. The van der Waals surface area contributed by atoms with Gasteiger partial charge >= 0.3 is 0 Å². The Labute approximate surface area is 159 Å². The van der Waals surface area contributed by atoms with E-state index in [1.54, 1.807) is 10.7 Å². The van der Waals surface area contributed by atoms with E-state index in [-0.39, 0.29) is 5.91 Å². The molecular formula is C18H21BrF2N4O. The van der Waals surface area contributed by atoms with Gasteiger partial charge in [0.25, 0.3) is 0 Å². The van der Waals surface area contributed by atoms with Crippen LogP contribution in [-0.2, 0) is 17.9 Å². The molecule has 0 N–H and O–H groups in total. The lowest BCUT2D eigenvalue weighted by Gasteiger charge is -2.34. The maximum absolute atomic E-state index is 13.8. The fourth-order valence-electron chi connectivity index (χ4n) is 3.04. The summed E-state index contributed by atoms with van der Waals surface area (Å²) in [7, 11) is 0. The van der Waals surface area contributed by atoms with Crippen LogP contribution in [-0.4, -0.2) is 51.7 Å². The summed E-state index contributed by atoms with van der Waals surface area (Å²) in [6.45, 7) is 5.28. The fraction of sp³-hybridized carbons (Fsp3) is 0.444. The van der Waals surface area contributed by atoms with Crippen LogP contribution >= 0.6 is 15.9 Å². The lowest BCUT2D eigenvalue weighted by atomic mass is 10.1. The number of hydrogen-bond acceptors (Lipinski definition) is 3. The van der Waals surface area contributed by atoms with Crippen LogP contribution in [0.1, 0.15) is 17.7 Å². The average Bonchev–Trinajstić information content (AvgIpc) is 2.95. The van der Waals surface area contributed by atoms with Crippen molar-refractivity contribution in [2.24, 2.45) is 0 Å². The number of carbonyl (C=O) groups excluding carboxylic acids is 1. The van der Waals surface area contributed by atoms with Gasteiger partial charge in [-0.1, -0.05) is 12.1 Å². The third-order valence-corrected chi connectivity index (χ3v) is 5.37. The number of benzene rings is 1. The van der Waals surface area contributed by atoms with Crippen molar-refractivity contribution in [1.29, 1.82) is 0 Å². The first-order valence-corrected chi connectivity index (χ1v) is 9.36. The van der Waals surface area contributed by atoms with Crippen molar-refractivity contribution >= 4 is 21.8 Å². The Kier molecular flexibility index (Phi) is 6.03. The number of piperazine rings is 1. The molecule has 0 unspecified atom stereocenters. The van der Waals surface area contributed by atoms with E-state index in [4.69, 9.17) is 0 Å². The SMILES string of the molecule is Cc1nn(CCC(=O)N2CCN(Cc3cccc(F)c3F)CC2)cc1Br. The third-order valence-electron chi connectivity index (χ3n) is 4.59. The monoisotopic (exact) mass is 426 g/mol. The molecule has 0 bridgehead atoms. The van der Waals surface area contributed by atoms with Gasteiger partial charge in [-0.25, -0.2) is 8.78 Å². The van der Waals surface area contributed by atoms with Crippen LogP contribution in [0.4, 0.5) is 8.78 Å². The number of nitrogens with zero attached hydrogens (tertiary/aromatic N) is 4. The average molecular weight is 427 g/mol. The second-order valence-electron chi connectivity index (χ2n) is 6.45. The summed E-state index contributed by atoms with van der Waals surface area (Å²) in [4.78, 5) is 16.2. The molecule has 1 fully saturated rings. The van der Waals surface area contributed by atoms with E-state index < -0.39 is 11.6 Å². The zero-order valence-corrected chi connectivity index (χ0v) is 16.2. The van der Waals surface area contributed by atoms with Crippen molar-refractivity contribution < 1.29 is 13.6 Å². The van der Waals surface area contributed by atoms with Gasteiger partial charge in [0.15, 0.2) is 11.6 Å². The van der Waals surface area contributed by atoms with Gasteiger partial charge in [-0.3, -0.25) is 14.4 Å². The van der Waals surface area contributed by atoms with Crippen LogP contribution in [0.5, 0.6) is 0 Å². The molecular weight excluding hydrogens is 406 g/mol. The molecule has 26 heavy (non-hydrogen) atoms. The van der Waals surface area contributed by atoms with Gasteiger partial charge in [0, 0.05) is 57.4 Å². The van der Waals surface area contributed by atoms with E-state index in [1.165, 1.54) is 6.07 Å². The molecule has 0 saturated carbocycles. The topological polar surface area (TPSA) is 41.4 Å². The number of rotatable bonds is 5. The molecule has 0 radical (unpaired) electrons. The normalized spacial score (nSPS) is 15.5. The van der Waals surface area contributed by atoms with Crippen molar-refractivity contribution in [3.63, 3.8) is 0 Å². The van der Waals surface area contributed by atoms with E-state index in [2.05, 4.69) is 21.0 Å². The van der Waals surface area contributed by atoms with Crippen LogP contribution < -0.4 is 0 Å². The molecule has 1 aromatic carbocycles. The first-order valence-electron chi connectivity index (χ1n) is 8.56. The first kappa shape index (κ1) is 19.0. The van der Waals surface area contributed by atoms with Crippen LogP contribution in [0, 0.1) is 18.6 Å². The molecule has 1 aromatic heterocycles. The van der Waals surface area contributed by atoms with Gasteiger partial charge in [0.1, 0.15) is 0 Å². The van der Waals surface area contributed by atoms with Crippen molar-refractivity contribution in [2.45, 2.75) is 26.4 Å². The van der Waals surface area contributed by atoms with E-state index in [0.717, 1.165) is 16.2 Å². The van der Waals surface area contributed by atoms with Crippen molar-refractivity contribution in [3.05, 3.63) is 51.8 Å². The number of amides is 1. The Morgan fingerprint density at radius 1 is 1.23 bits per heavy atom. The summed E-state index contributed by atoms with van der Waals surface area (Å²) in [5.74, 6) is -1.52. The Morgan fingerprint density at radius 2 is 1.96 bits per heavy atom. The molecule has 1 saturated heterocycles. The molecule has 8 heteroatoms. The Morgan fingerprint density at radius 3 is 2.62 bits per heavy atom. The minimum Gasteiger partial charge on any atom is -0.340 e. The highest BCUT2D eigenvalue weighted by Gasteiger charge is 2.22. The second kappa shape index (κ2) is 8.26. The van der Waals surface area contributed by atoms with Crippen molar-refractivity contribution in [1.82, 2.24) is 19.6 Å². The molecule has 3 rings (SSSR count). The van der Waals surface area contributed by atoms with Crippen molar-refractivity contribution in [2.75, 3.05) is 26.2 Å². The van der Waals surface area contributed by atoms with E-state index in [1.807, 2.05) is 22.9 Å². The lowest BCUT2D eigenvalue weighted by Crippen LogP contribution is -2.48. The fourth-order valence-corrected chi connectivity index (χ4v) is 3.36. The molecule has 1 aliphatic rings. The molecule has 0 atom stereocenters. The summed E-state index contributed by atoms with van der Waals surface area (Å²) in [5, 5.41) is 4.33. The smallest absolute Gasteiger partial charge is 0.224 e. The highest BCUT2D eigenvalue weighted by Crippen LogP contribution is 2.16. The second-order valence-corrected chi connectivity index (χ2v) is 7.30. The quantitative estimate of drug-likeness (QED) is 0.737. The highest BCUT2D eigenvalue weighted by atomic mass is 79.9. The first-order chi connectivity index (χ1) is 12.4. The van der Waals surface area contributed by atoms with E-state index >= 15 is 0 Å². The standard InChI is InChI=1S/C18H21BrF2N4O/c1-13-15(19)12-25(22-13)6-5-17(26)24-9-7-23(8-10-24)11-14-3-2-4-16(20)18(14)21/h2-4,12H,5-11H2,1H3. The Bertz CT molecular complexity index is 768. The van der Waals surface area contributed by atoms with E-state index in [9.17, 15) is 13.6 Å². The minimum absolute atomic E-state index is 0.0888. The van der Waals surface area contributed by atoms with Crippen LogP contribution in [0.3, 0.4) is 0 Å². The predicted molar refractivity (Wildman–Crippen MR) is 97.5 cm³/mol.